The summed E-state index contributed by atoms with van der Waals surface area (Å²) < 4.78 is 11.6. The molecule has 0 spiro atoms. The molecule has 1 aromatic rings. The second-order valence-electron chi connectivity index (χ2n) is 4.44. The van der Waals surface area contributed by atoms with Gasteiger partial charge in [-0.2, -0.15) is 0 Å². The van der Waals surface area contributed by atoms with Crippen LogP contribution in [0.5, 0.6) is 11.5 Å². The van der Waals surface area contributed by atoms with Crippen molar-refractivity contribution in [1.29, 1.82) is 0 Å². The standard InChI is InChI=1S/C13H19NO3/c1-10-4-3-5-12-13(10)16-9-11(17-12)8-14(2)6-7-15/h3-5,11,15H,6-9H2,1-2H3. The van der Waals surface area contributed by atoms with E-state index >= 15 is 0 Å². The second kappa shape index (κ2) is 5.38. The van der Waals surface area contributed by atoms with Gasteiger partial charge in [-0.1, -0.05) is 12.1 Å². The van der Waals surface area contributed by atoms with Gasteiger partial charge in [0, 0.05) is 13.1 Å². The molecule has 0 aliphatic carbocycles. The van der Waals surface area contributed by atoms with Crippen molar-refractivity contribution in [3.8, 4) is 11.5 Å². The highest BCUT2D eigenvalue weighted by Gasteiger charge is 2.22. The topological polar surface area (TPSA) is 41.9 Å². The van der Waals surface area contributed by atoms with Gasteiger partial charge in [-0.05, 0) is 25.6 Å². The largest absolute Gasteiger partial charge is 0.486 e. The van der Waals surface area contributed by atoms with Crippen LogP contribution in [0.2, 0.25) is 0 Å². The van der Waals surface area contributed by atoms with Crippen LogP contribution in [0.15, 0.2) is 18.2 Å². The maximum Gasteiger partial charge on any atom is 0.164 e. The molecule has 0 saturated carbocycles. The fourth-order valence-corrected chi connectivity index (χ4v) is 1.99. The predicted octanol–water partition coefficient (Wildman–Crippen LogP) is 1.06. The van der Waals surface area contributed by atoms with Gasteiger partial charge < -0.3 is 19.5 Å². The van der Waals surface area contributed by atoms with Gasteiger partial charge in [0.2, 0.25) is 0 Å². The van der Waals surface area contributed by atoms with E-state index in [2.05, 4.69) is 0 Å². The van der Waals surface area contributed by atoms with E-state index in [1.165, 1.54) is 0 Å². The van der Waals surface area contributed by atoms with Crippen LogP contribution in [0.25, 0.3) is 0 Å². The summed E-state index contributed by atoms with van der Waals surface area (Å²) in [6.07, 6.45) is 0.0286. The zero-order valence-corrected chi connectivity index (χ0v) is 10.3. The number of hydrogen-bond acceptors (Lipinski definition) is 4. The van der Waals surface area contributed by atoms with Crippen molar-refractivity contribution < 1.29 is 14.6 Å². The van der Waals surface area contributed by atoms with Crippen LogP contribution in [-0.2, 0) is 0 Å². The summed E-state index contributed by atoms with van der Waals surface area (Å²) in [7, 11) is 1.96. The van der Waals surface area contributed by atoms with Crippen LogP contribution in [0.3, 0.4) is 0 Å². The van der Waals surface area contributed by atoms with Gasteiger partial charge in [-0.3, -0.25) is 0 Å². The highest BCUT2D eigenvalue weighted by Crippen LogP contribution is 2.34. The lowest BCUT2D eigenvalue weighted by atomic mass is 10.2. The summed E-state index contributed by atoms with van der Waals surface area (Å²) in [5.41, 5.74) is 1.10. The van der Waals surface area contributed by atoms with E-state index in [0.717, 1.165) is 23.6 Å². The quantitative estimate of drug-likeness (QED) is 0.850. The molecular weight excluding hydrogens is 218 g/mol. The lowest BCUT2D eigenvalue weighted by Crippen LogP contribution is -2.40. The molecule has 0 fully saturated rings. The number of aliphatic hydroxyl groups is 1. The van der Waals surface area contributed by atoms with Crippen molar-refractivity contribution in [2.24, 2.45) is 0 Å². The van der Waals surface area contributed by atoms with Crippen LogP contribution >= 0.6 is 0 Å². The molecule has 1 aliphatic rings. The minimum absolute atomic E-state index is 0.0286. The number of hydrogen-bond donors (Lipinski definition) is 1. The highest BCUT2D eigenvalue weighted by atomic mass is 16.6. The minimum Gasteiger partial charge on any atom is -0.486 e. The van der Waals surface area contributed by atoms with Crippen molar-refractivity contribution in [3.05, 3.63) is 23.8 Å². The van der Waals surface area contributed by atoms with Crippen LogP contribution in [-0.4, -0.2) is 49.5 Å². The molecule has 94 valence electrons. The Labute approximate surface area is 102 Å². The molecule has 0 saturated heterocycles. The van der Waals surface area contributed by atoms with E-state index in [1.54, 1.807) is 0 Å². The van der Waals surface area contributed by atoms with Gasteiger partial charge in [-0.25, -0.2) is 0 Å². The van der Waals surface area contributed by atoms with E-state index < -0.39 is 0 Å². The zero-order chi connectivity index (χ0) is 12.3. The van der Waals surface area contributed by atoms with E-state index in [9.17, 15) is 0 Å². The van der Waals surface area contributed by atoms with Crippen LogP contribution in [0.1, 0.15) is 5.56 Å². The summed E-state index contributed by atoms with van der Waals surface area (Å²) in [5.74, 6) is 1.67. The molecule has 1 heterocycles. The van der Waals surface area contributed by atoms with Gasteiger partial charge in [0.25, 0.3) is 0 Å². The van der Waals surface area contributed by atoms with Crippen molar-refractivity contribution >= 4 is 0 Å². The third-order valence-electron chi connectivity index (χ3n) is 2.88. The average molecular weight is 237 g/mol. The van der Waals surface area contributed by atoms with E-state index in [-0.39, 0.29) is 12.7 Å². The van der Waals surface area contributed by atoms with Crippen LogP contribution < -0.4 is 9.47 Å². The predicted molar refractivity (Wildman–Crippen MR) is 65.7 cm³/mol. The fraction of sp³-hybridized carbons (Fsp3) is 0.538. The zero-order valence-electron chi connectivity index (χ0n) is 10.3. The molecule has 1 aliphatic heterocycles. The molecule has 2 rings (SSSR count). The fourth-order valence-electron chi connectivity index (χ4n) is 1.99. The molecule has 0 aromatic heterocycles. The van der Waals surface area contributed by atoms with Crippen LogP contribution in [0, 0.1) is 6.92 Å². The number of rotatable bonds is 4. The minimum atomic E-state index is 0.0286. The summed E-state index contributed by atoms with van der Waals surface area (Å²) in [6, 6.07) is 5.91. The number of para-hydroxylation sites is 1. The normalized spacial score (nSPS) is 18.5. The third kappa shape index (κ3) is 2.90. The Morgan fingerprint density at radius 3 is 3.06 bits per heavy atom. The summed E-state index contributed by atoms with van der Waals surface area (Å²) in [5, 5.41) is 8.85. The Hall–Kier alpha value is -1.26. The van der Waals surface area contributed by atoms with E-state index in [1.807, 2.05) is 37.1 Å². The number of benzene rings is 1. The van der Waals surface area contributed by atoms with Gasteiger partial charge in [-0.15, -0.1) is 0 Å². The Bertz CT molecular complexity index is 381. The monoisotopic (exact) mass is 237 g/mol. The second-order valence-corrected chi connectivity index (χ2v) is 4.44. The average Bonchev–Trinajstić information content (AvgIpc) is 2.29. The number of fused-ring (bicyclic) bond motifs is 1. The van der Waals surface area contributed by atoms with Gasteiger partial charge in [0.15, 0.2) is 11.5 Å². The molecule has 0 radical (unpaired) electrons. The number of nitrogens with zero attached hydrogens (tertiary/aromatic N) is 1. The first-order chi connectivity index (χ1) is 8.20. The molecule has 1 atom stereocenters. The van der Waals surface area contributed by atoms with Crippen molar-refractivity contribution in [3.63, 3.8) is 0 Å². The number of ether oxygens (including phenoxy) is 2. The lowest BCUT2D eigenvalue weighted by Gasteiger charge is -2.30. The van der Waals surface area contributed by atoms with Crippen molar-refractivity contribution in [2.75, 3.05) is 33.4 Å². The van der Waals surface area contributed by atoms with Gasteiger partial charge in [0.1, 0.15) is 12.7 Å². The first kappa shape index (κ1) is 12.2. The van der Waals surface area contributed by atoms with Gasteiger partial charge in [0.05, 0.1) is 6.61 Å². The SMILES string of the molecule is Cc1cccc2c1OCC(CN(C)CCO)O2. The Balaban J connectivity index is 1.99. The number of aryl methyl sites for hydroxylation is 1. The molecule has 4 heteroatoms. The third-order valence-corrected chi connectivity index (χ3v) is 2.88. The molecule has 0 amide bonds. The summed E-state index contributed by atoms with van der Waals surface area (Å²) in [4.78, 5) is 2.04. The summed E-state index contributed by atoms with van der Waals surface area (Å²) >= 11 is 0. The number of aliphatic hydroxyl groups excluding tert-OH is 1. The molecule has 17 heavy (non-hydrogen) atoms. The number of likely N-dealkylation sites (N-methyl/N-ethyl adjacent to an activating group) is 1. The molecule has 1 unspecified atom stereocenters. The first-order valence-corrected chi connectivity index (χ1v) is 5.89. The molecule has 1 aromatic carbocycles. The molecule has 1 N–H and O–H groups in total. The maximum absolute atomic E-state index is 8.85. The van der Waals surface area contributed by atoms with Crippen molar-refractivity contribution in [1.82, 2.24) is 4.90 Å². The van der Waals surface area contributed by atoms with E-state index in [0.29, 0.717) is 13.2 Å². The Morgan fingerprint density at radius 2 is 2.29 bits per heavy atom. The highest BCUT2D eigenvalue weighted by molar-refractivity contribution is 5.46. The lowest BCUT2D eigenvalue weighted by molar-refractivity contribution is 0.0608. The van der Waals surface area contributed by atoms with Crippen LogP contribution in [0.4, 0.5) is 0 Å². The smallest absolute Gasteiger partial charge is 0.164 e. The summed E-state index contributed by atoms with van der Waals surface area (Å²) in [6.45, 7) is 4.16. The molecule has 4 nitrogen and oxygen atoms in total. The Morgan fingerprint density at radius 1 is 1.47 bits per heavy atom. The molecule has 0 bridgehead atoms. The Kier molecular flexibility index (Phi) is 3.86. The van der Waals surface area contributed by atoms with Gasteiger partial charge >= 0.3 is 0 Å². The first-order valence-electron chi connectivity index (χ1n) is 5.89. The maximum atomic E-state index is 8.85. The van der Waals surface area contributed by atoms with Crippen molar-refractivity contribution in [2.45, 2.75) is 13.0 Å². The van der Waals surface area contributed by atoms with E-state index in [4.69, 9.17) is 14.6 Å². The molecular formula is C13H19NO3.